The Morgan fingerprint density at radius 1 is 0.931 bits per heavy atom. The van der Waals surface area contributed by atoms with Crippen LogP contribution in [0.5, 0.6) is 11.5 Å². The molecule has 0 aliphatic heterocycles. The first-order chi connectivity index (χ1) is 14.0. The number of hydrogen-bond acceptors (Lipinski definition) is 5. The minimum atomic E-state index is -0.884. The van der Waals surface area contributed by atoms with Crippen LogP contribution in [0.15, 0.2) is 54.6 Å². The third kappa shape index (κ3) is 8.25. The zero-order chi connectivity index (χ0) is 21.1. The van der Waals surface area contributed by atoms with Gasteiger partial charge in [-0.1, -0.05) is 30.3 Å². The number of hydrogen-bond donors (Lipinski definition) is 1. The Balaban J connectivity index is 1.68. The van der Waals surface area contributed by atoms with E-state index in [1.165, 1.54) is 5.56 Å². The van der Waals surface area contributed by atoms with E-state index >= 15 is 0 Å². The van der Waals surface area contributed by atoms with Crippen molar-refractivity contribution >= 4 is 11.9 Å². The van der Waals surface area contributed by atoms with Gasteiger partial charge in [0.05, 0.1) is 6.61 Å². The summed E-state index contributed by atoms with van der Waals surface area (Å²) in [5.41, 5.74) is 1.22. The molecule has 6 heteroatoms. The Labute approximate surface area is 172 Å². The van der Waals surface area contributed by atoms with Crippen LogP contribution < -0.4 is 14.8 Å². The molecule has 2 aromatic carbocycles. The number of carbonyl (C=O) groups excluding carboxylic acids is 2. The second kappa shape index (κ2) is 11.7. The molecule has 0 aliphatic rings. The van der Waals surface area contributed by atoms with E-state index in [9.17, 15) is 9.59 Å². The standard InChI is InChI=1S/C23H29NO5/c1-4-27-20-12-14-21(15-13-20)28-16-22(25)29-18(3)23(26)24-17(2)10-11-19-8-6-5-7-9-19/h5-9,12-15,17-18H,4,10-11,16H2,1-3H3,(H,24,26)/t17-,18+/m0/s1. The highest BCUT2D eigenvalue weighted by Crippen LogP contribution is 2.17. The highest BCUT2D eigenvalue weighted by molar-refractivity contribution is 5.83. The number of amides is 1. The van der Waals surface area contributed by atoms with E-state index in [1.807, 2.05) is 32.0 Å². The molecule has 0 aromatic heterocycles. The molecule has 0 saturated carbocycles. The zero-order valence-electron chi connectivity index (χ0n) is 17.2. The van der Waals surface area contributed by atoms with Gasteiger partial charge >= 0.3 is 5.97 Å². The van der Waals surface area contributed by atoms with Crippen molar-refractivity contribution < 1.29 is 23.8 Å². The number of carbonyl (C=O) groups is 2. The molecule has 0 unspecified atom stereocenters. The van der Waals surface area contributed by atoms with Gasteiger partial charge in [0.1, 0.15) is 11.5 Å². The molecular weight excluding hydrogens is 370 g/mol. The van der Waals surface area contributed by atoms with E-state index in [0.717, 1.165) is 18.6 Å². The van der Waals surface area contributed by atoms with Crippen molar-refractivity contribution in [2.24, 2.45) is 0 Å². The number of aryl methyl sites for hydroxylation is 1. The molecule has 2 rings (SSSR count). The van der Waals surface area contributed by atoms with Gasteiger partial charge in [0.2, 0.25) is 0 Å². The van der Waals surface area contributed by atoms with Gasteiger partial charge in [-0.05, 0) is 63.4 Å². The summed E-state index contributed by atoms with van der Waals surface area (Å²) >= 11 is 0. The lowest BCUT2D eigenvalue weighted by Crippen LogP contribution is -2.41. The molecule has 1 amide bonds. The third-order valence-corrected chi connectivity index (χ3v) is 4.27. The molecule has 2 aromatic rings. The van der Waals surface area contributed by atoms with Crippen molar-refractivity contribution in [3.05, 3.63) is 60.2 Å². The van der Waals surface area contributed by atoms with Crippen LogP contribution in [0, 0.1) is 0 Å². The molecule has 0 aliphatic carbocycles. The molecule has 2 atom stereocenters. The van der Waals surface area contributed by atoms with Gasteiger partial charge < -0.3 is 19.5 Å². The van der Waals surface area contributed by atoms with Crippen LogP contribution >= 0.6 is 0 Å². The summed E-state index contributed by atoms with van der Waals surface area (Å²) in [5.74, 6) is 0.338. The average Bonchev–Trinajstić information content (AvgIpc) is 2.72. The van der Waals surface area contributed by atoms with Crippen LogP contribution in [-0.2, 0) is 20.7 Å². The van der Waals surface area contributed by atoms with Gasteiger partial charge in [-0.3, -0.25) is 4.79 Å². The lowest BCUT2D eigenvalue weighted by Gasteiger charge is -2.18. The Morgan fingerprint density at radius 3 is 2.17 bits per heavy atom. The Bertz CT molecular complexity index is 761. The quantitative estimate of drug-likeness (QED) is 0.585. The predicted molar refractivity (Wildman–Crippen MR) is 111 cm³/mol. The van der Waals surface area contributed by atoms with Gasteiger partial charge in [-0.15, -0.1) is 0 Å². The topological polar surface area (TPSA) is 73.9 Å². The van der Waals surface area contributed by atoms with E-state index < -0.39 is 12.1 Å². The molecule has 0 heterocycles. The maximum absolute atomic E-state index is 12.2. The summed E-state index contributed by atoms with van der Waals surface area (Å²) in [7, 11) is 0. The van der Waals surface area contributed by atoms with E-state index in [-0.39, 0.29) is 18.6 Å². The van der Waals surface area contributed by atoms with Crippen LogP contribution in [0.4, 0.5) is 0 Å². The van der Waals surface area contributed by atoms with Crippen molar-refractivity contribution in [2.75, 3.05) is 13.2 Å². The molecule has 0 fully saturated rings. The van der Waals surface area contributed by atoms with Crippen molar-refractivity contribution in [1.82, 2.24) is 5.32 Å². The van der Waals surface area contributed by atoms with Gasteiger partial charge in [0.15, 0.2) is 12.7 Å². The highest BCUT2D eigenvalue weighted by atomic mass is 16.6. The maximum Gasteiger partial charge on any atom is 0.344 e. The highest BCUT2D eigenvalue weighted by Gasteiger charge is 2.19. The summed E-state index contributed by atoms with van der Waals surface area (Å²) in [6.45, 7) is 5.70. The van der Waals surface area contributed by atoms with Crippen molar-refractivity contribution in [3.8, 4) is 11.5 Å². The molecule has 0 saturated heterocycles. The normalized spacial score (nSPS) is 12.5. The molecule has 6 nitrogen and oxygen atoms in total. The molecule has 0 radical (unpaired) electrons. The van der Waals surface area contributed by atoms with E-state index in [4.69, 9.17) is 14.2 Å². The van der Waals surface area contributed by atoms with Crippen LogP contribution in [0.2, 0.25) is 0 Å². The molecule has 156 valence electrons. The first-order valence-electron chi connectivity index (χ1n) is 9.87. The van der Waals surface area contributed by atoms with Crippen LogP contribution in [0.3, 0.4) is 0 Å². The molecule has 0 spiro atoms. The lowest BCUT2D eigenvalue weighted by atomic mass is 10.1. The summed E-state index contributed by atoms with van der Waals surface area (Å²) in [6.07, 6.45) is 0.787. The fourth-order valence-corrected chi connectivity index (χ4v) is 2.69. The zero-order valence-corrected chi connectivity index (χ0v) is 17.2. The third-order valence-electron chi connectivity index (χ3n) is 4.27. The lowest BCUT2D eigenvalue weighted by molar-refractivity contribution is -0.156. The average molecular weight is 399 g/mol. The van der Waals surface area contributed by atoms with Crippen molar-refractivity contribution in [1.29, 1.82) is 0 Å². The van der Waals surface area contributed by atoms with E-state index in [1.54, 1.807) is 31.2 Å². The second-order valence-electron chi connectivity index (χ2n) is 6.76. The van der Waals surface area contributed by atoms with Gasteiger partial charge in [0, 0.05) is 6.04 Å². The minimum Gasteiger partial charge on any atom is -0.494 e. The van der Waals surface area contributed by atoms with Crippen molar-refractivity contribution in [3.63, 3.8) is 0 Å². The van der Waals surface area contributed by atoms with Gasteiger partial charge in [-0.2, -0.15) is 0 Å². The van der Waals surface area contributed by atoms with Gasteiger partial charge in [0.25, 0.3) is 5.91 Å². The summed E-state index contributed by atoms with van der Waals surface area (Å²) in [6, 6.07) is 17.0. The molecule has 1 N–H and O–H groups in total. The fraction of sp³-hybridized carbons (Fsp3) is 0.391. The molecule has 0 bridgehead atoms. The fourth-order valence-electron chi connectivity index (χ4n) is 2.69. The number of benzene rings is 2. The van der Waals surface area contributed by atoms with Gasteiger partial charge in [-0.25, -0.2) is 4.79 Å². The monoisotopic (exact) mass is 399 g/mol. The number of nitrogens with one attached hydrogen (secondary N) is 1. The Kier molecular flexibility index (Phi) is 9.02. The Hall–Kier alpha value is -3.02. The minimum absolute atomic E-state index is 0.0241. The first-order valence-corrected chi connectivity index (χ1v) is 9.87. The molecular formula is C23H29NO5. The largest absolute Gasteiger partial charge is 0.494 e. The predicted octanol–water partition coefficient (Wildman–Crippen LogP) is 3.53. The van der Waals surface area contributed by atoms with E-state index in [2.05, 4.69) is 17.4 Å². The smallest absolute Gasteiger partial charge is 0.344 e. The Morgan fingerprint density at radius 2 is 1.55 bits per heavy atom. The first kappa shape index (κ1) is 22.3. The van der Waals surface area contributed by atoms with E-state index in [0.29, 0.717) is 12.4 Å². The number of esters is 1. The summed E-state index contributed by atoms with van der Waals surface area (Å²) < 4.78 is 15.9. The van der Waals surface area contributed by atoms with Crippen LogP contribution in [-0.4, -0.2) is 37.2 Å². The van der Waals surface area contributed by atoms with Crippen molar-refractivity contribution in [2.45, 2.75) is 45.8 Å². The summed E-state index contributed by atoms with van der Waals surface area (Å²) in [4.78, 5) is 24.2. The van der Waals surface area contributed by atoms with Crippen LogP contribution in [0.25, 0.3) is 0 Å². The second-order valence-corrected chi connectivity index (χ2v) is 6.76. The number of rotatable bonds is 11. The maximum atomic E-state index is 12.2. The molecule has 29 heavy (non-hydrogen) atoms. The van der Waals surface area contributed by atoms with Crippen LogP contribution in [0.1, 0.15) is 32.8 Å². The SMILES string of the molecule is CCOc1ccc(OCC(=O)O[C@H](C)C(=O)N[C@@H](C)CCc2ccccc2)cc1. The number of ether oxygens (including phenoxy) is 3. The summed E-state index contributed by atoms with van der Waals surface area (Å²) in [5, 5.41) is 2.88.